The first-order valence-corrected chi connectivity index (χ1v) is 8.66. The van der Waals surface area contributed by atoms with E-state index < -0.39 is 5.82 Å². The van der Waals surface area contributed by atoms with Crippen LogP contribution in [-0.4, -0.2) is 16.2 Å². The second-order valence-electron chi connectivity index (χ2n) is 6.03. The number of hydrogen-bond acceptors (Lipinski definition) is 4. The lowest BCUT2D eigenvalue weighted by atomic mass is 10.1. The van der Waals surface area contributed by atoms with Crippen LogP contribution in [0.2, 0.25) is 5.02 Å². The van der Waals surface area contributed by atoms with E-state index in [4.69, 9.17) is 21.1 Å². The Labute approximate surface area is 158 Å². The van der Waals surface area contributed by atoms with Gasteiger partial charge < -0.3 is 14.8 Å². The van der Waals surface area contributed by atoms with Crippen molar-refractivity contribution in [3.05, 3.63) is 71.6 Å². The second kappa shape index (κ2) is 6.17. The summed E-state index contributed by atoms with van der Waals surface area (Å²) in [6.07, 6.45) is 1.86. The third kappa shape index (κ3) is 2.65. The average Bonchev–Trinajstić information content (AvgIpc) is 3.27. The monoisotopic (exact) mass is 381 g/mol. The van der Waals surface area contributed by atoms with Crippen LogP contribution in [0.4, 0.5) is 15.9 Å². The Balaban J connectivity index is 1.69. The maximum absolute atomic E-state index is 14.6. The van der Waals surface area contributed by atoms with Gasteiger partial charge in [0.25, 0.3) is 0 Å². The van der Waals surface area contributed by atoms with Crippen LogP contribution >= 0.6 is 11.6 Å². The highest BCUT2D eigenvalue weighted by Crippen LogP contribution is 2.39. The zero-order valence-corrected chi connectivity index (χ0v) is 14.7. The van der Waals surface area contributed by atoms with Gasteiger partial charge in [0.2, 0.25) is 6.79 Å². The molecular weight excluding hydrogens is 369 g/mol. The number of benzene rings is 2. The van der Waals surface area contributed by atoms with E-state index in [9.17, 15) is 4.39 Å². The van der Waals surface area contributed by atoms with Crippen molar-refractivity contribution in [3.63, 3.8) is 0 Å². The molecule has 3 heterocycles. The Morgan fingerprint density at radius 3 is 2.81 bits per heavy atom. The fourth-order valence-corrected chi connectivity index (χ4v) is 3.38. The fourth-order valence-electron chi connectivity index (χ4n) is 3.12. The molecule has 5 nitrogen and oxygen atoms in total. The maximum atomic E-state index is 14.6. The molecule has 7 heteroatoms. The number of hydrogen-bond donors (Lipinski definition) is 1. The van der Waals surface area contributed by atoms with E-state index >= 15 is 0 Å². The highest BCUT2D eigenvalue weighted by Gasteiger charge is 2.21. The topological polar surface area (TPSA) is 47.8 Å². The van der Waals surface area contributed by atoms with Gasteiger partial charge in [-0.1, -0.05) is 23.7 Å². The minimum absolute atomic E-state index is 0.199. The second-order valence-corrected chi connectivity index (χ2v) is 6.43. The van der Waals surface area contributed by atoms with Gasteiger partial charge in [0.1, 0.15) is 23.0 Å². The Bertz CT molecular complexity index is 1160. The van der Waals surface area contributed by atoms with Crippen LogP contribution in [0.15, 0.2) is 60.8 Å². The summed E-state index contributed by atoms with van der Waals surface area (Å²) in [5.41, 5.74) is 2.13. The molecule has 27 heavy (non-hydrogen) atoms. The molecule has 0 atom stereocenters. The lowest BCUT2D eigenvalue weighted by Gasteiger charge is -2.11. The van der Waals surface area contributed by atoms with E-state index in [0.717, 1.165) is 5.69 Å². The Morgan fingerprint density at radius 2 is 1.93 bits per heavy atom. The lowest BCUT2D eigenvalue weighted by molar-refractivity contribution is 0.174. The summed E-state index contributed by atoms with van der Waals surface area (Å²) >= 11 is 6.29. The molecule has 1 N–H and O–H groups in total. The number of imidazole rings is 1. The van der Waals surface area contributed by atoms with Crippen LogP contribution in [-0.2, 0) is 0 Å². The Kier molecular flexibility index (Phi) is 3.65. The normalized spacial score (nSPS) is 12.5. The van der Waals surface area contributed by atoms with E-state index in [0.29, 0.717) is 33.7 Å². The molecule has 0 saturated carbocycles. The Hall–Kier alpha value is -3.25. The van der Waals surface area contributed by atoms with Crippen molar-refractivity contribution in [1.29, 1.82) is 0 Å². The molecule has 2 aromatic carbocycles. The van der Waals surface area contributed by atoms with Crippen molar-refractivity contribution in [2.24, 2.45) is 0 Å². The predicted molar refractivity (Wildman–Crippen MR) is 101 cm³/mol. The van der Waals surface area contributed by atoms with E-state index in [1.807, 2.05) is 47.0 Å². The number of rotatable bonds is 3. The third-order valence-electron chi connectivity index (χ3n) is 4.36. The van der Waals surface area contributed by atoms with Crippen LogP contribution in [0.3, 0.4) is 0 Å². The SMILES string of the molecule is Fc1cccc(Cl)c1-c1nc2ccccn2c1Nc1ccc2c(c1)OCO2. The Morgan fingerprint density at radius 1 is 1.04 bits per heavy atom. The third-order valence-corrected chi connectivity index (χ3v) is 4.68. The quantitative estimate of drug-likeness (QED) is 0.525. The number of fused-ring (bicyclic) bond motifs is 2. The molecule has 2 aromatic heterocycles. The highest BCUT2D eigenvalue weighted by molar-refractivity contribution is 6.33. The summed E-state index contributed by atoms with van der Waals surface area (Å²) in [7, 11) is 0. The van der Waals surface area contributed by atoms with Crippen molar-refractivity contribution < 1.29 is 13.9 Å². The molecule has 0 amide bonds. The van der Waals surface area contributed by atoms with Gasteiger partial charge >= 0.3 is 0 Å². The highest BCUT2D eigenvalue weighted by atomic mass is 35.5. The first-order valence-electron chi connectivity index (χ1n) is 8.29. The number of nitrogens with one attached hydrogen (secondary N) is 1. The number of ether oxygens (including phenoxy) is 2. The molecule has 0 radical (unpaired) electrons. The summed E-state index contributed by atoms with van der Waals surface area (Å²) in [4.78, 5) is 4.59. The van der Waals surface area contributed by atoms with Gasteiger partial charge in [-0.25, -0.2) is 9.37 Å². The van der Waals surface area contributed by atoms with Gasteiger partial charge in [0.05, 0.1) is 10.6 Å². The molecule has 0 aliphatic carbocycles. The summed E-state index contributed by atoms with van der Waals surface area (Å²) in [5, 5.41) is 3.62. The minimum atomic E-state index is -0.431. The smallest absolute Gasteiger partial charge is 0.231 e. The number of halogens is 2. The molecule has 1 aliphatic rings. The number of aromatic nitrogens is 2. The van der Waals surface area contributed by atoms with Gasteiger partial charge in [0, 0.05) is 18.0 Å². The van der Waals surface area contributed by atoms with Gasteiger partial charge in [0.15, 0.2) is 11.5 Å². The molecule has 4 aromatic rings. The molecule has 0 bridgehead atoms. The molecule has 0 fully saturated rings. The lowest BCUT2D eigenvalue weighted by Crippen LogP contribution is -1.98. The van der Waals surface area contributed by atoms with E-state index in [1.165, 1.54) is 6.07 Å². The van der Waals surface area contributed by atoms with Crippen molar-refractivity contribution in [2.45, 2.75) is 0 Å². The molecule has 0 saturated heterocycles. The van der Waals surface area contributed by atoms with Crippen LogP contribution < -0.4 is 14.8 Å². The zero-order chi connectivity index (χ0) is 18.4. The number of anilines is 2. The molecule has 0 spiro atoms. The van der Waals surface area contributed by atoms with E-state index in [-0.39, 0.29) is 12.4 Å². The zero-order valence-electron chi connectivity index (χ0n) is 13.9. The van der Waals surface area contributed by atoms with E-state index in [1.54, 1.807) is 12.1 Å². The maximum Gasteiger partial charge on any atom is 0.231 e. The van der Waals surface area contributed by atoms with Crippen molar-refractivity contribution >= 4 is 28.8 Å². The summed E-state index contributed by atoms with van der Waals surface area (Å²) in [6, 6.07) is 15.7. The summed E-state index contributed by atoms with van der Waals surface area (Å²) in [6.45, 7) is 0.199. The van der Waals surface area contributed by atoms with E-state index in [2.05, 4.69) is 10.3 Å². The van der Waals surface area contributed by atoms with Crippen LogP contribution in [0.25, 0.3) is 16.9 Å². The number of pyridine rings is 1. The van der Waals surface area contributed by atoms with Gasteiger partial charge in [-0.2, -0.15) is 0 Å². The number of nitrogens with zero attached hydrogens (tertiary/aromatic N) is 2. The largest absolute Gasteiger partial charge is 0.454 e. The molecule has 134 valence electrons. The summed E-state index contributed by atoms with van der Waals surface area (Å²) in [5.74, 6) is 1.52. The predicted octanol–water partition coefficient (Wildman–Crippen LogP) is 5.27. The van der Waals surface area contributed by atoms with Crippen molar-refractivity contribution in [1.82, 2.24) is 9.38 Å². The first-order chi connectivity index (χ1) is 13.2. The van der Waals surface area contributed by atoms with Gasteiger partial charge in [-0.15, -0.1) is 0 Å². The van der Waals surface area contributed by atoms with Crippen LogP contribution in [0.1, 0.15) is 0 Å². The minimum Gasteiger partial charge on any atom is -0.454 e. The van der Waals surface area contributed by atoms with Crippen molar-refractivity contribution in [2.75, 3.05) is 12.1 Å². The first kappa shape index (κ1) is 16.0. The van der Waals surface area contributed by atoms with Crippen LogP contribution in [0.5, 0.6) is 11.5 Å². The standard InChI is InChI=1S/C20H13ClFN3O2/c21-13-4-3-5-14(22)18(13)19-20(25-9-2-1-6-17(25)24-19)23-12-7-8-15-16(10-12)27-11-26-15/h1-10,23H,11H2. The van der Waals surface area contributed by atoms with Crippen molar-refractivity contribution in [3.8, 4) is 22.8 Å². The van der Waals surface area contributed by atoms with Crippen LogP contribution in [0, 0.1) is 5.82 Å². The summed E-state index contributed by atoms with van der Waals surface area (Å²) < 4.78 is 27.2. The van der Waals surface area contributed by atoms with Gasteiger partial charge in [-0.05, 0) is 36.4 Å². The van der Waals surface area contributed by atoms with Gasteiger partial charge in [-0.3, -0.25) is 4.40 Å². The molecule has 0 unspecified atom stereocenters. The fraction of sp³-hybridized carbons (Fsp3) is 0.0500. The molecule has 5 rings (SSSR count). The molecular formula is C20H13ClFN3O2. The average molecular weight is 382 g/mol. The molecule has 1 aliphatic heterocycles.